The van der Waals surface area contributed by atoms with Crippen LogP contribution in [0.5, 0.6) is 11.5 Å². The van der Waals surface area contributed by atoms with Gasteiger partial charge in [-0.15, -0.1) is 24.0 Å². The molecule has 1 heterocycles. The van der Waals surface area contributed by atoms with Gasteiger partial charge in [-0.3, -0.25) is 9.79 Å². The van der Waals surface area contributed by atoms with Gasteiger partial charge in [0.15, 0.2) is 17.5 Å². The molecule has 0 bridgehead atoms. The van der Waals surface area contributed by atoms with Crippen molar-refractivity contribution in [2.75, 3.05) is 47.0 Å². The van der Waals surface area contributed by atoms with Crippen LogP contribution < -0.4 is 14.8 Å². The number of ether oxygens (including phenoxy) is 3. The normalized spacial score (nSPS) is 14.8. The first-order valence-electron chi connectivity index (χ1n) is 10.0. The lowest BCUT2D eigenvalue weighted by Crippen LogP contribution is -2.46. The predicted molar refractivity (Wildman–Crippen MR) is 126 cm³/mol. The molecule has 1 aliphatic rings. The molecule has 0 spiro atoms. The summed E-state index contributed by atoms with van der Waals surface area (Å²) >= 11 is 0. The summed E-state index contributed by atoms with van der Waals surface area (Å²) in [4.78, 5) is 18.9. The van der Waals surface area contributed by atoms with Crippen molar-refractivity contribution >= 4 is 35.9 Å². The monoisotopic (exact) mass is 519 g/mol. The minimum Gasteiger partial charge on any atom is -0.493 e. The number of methoxy groups -OCH3 is 2. The topological polar surface area (TPSA) is 72.4 Å². The molecule has 1 aromatic carbocycles. The lowest BCUT2D eigenvalue weighted by Gasteiger charge is -2.33. The summed E-state index contributed by atoms with van der Waals surface area (Å²) < 4.78 is 15.8. The van der Waals surface area contributed by atoms with Crippen LogP contribution in [-0.2, 0) is 16.0 Å². The summed E-state index contributed by atoms with van der Waals surface area (Å²) in [5.74, 6) is 2.30. The zero-order valence-corrected chi connectivity index (χ0v) is 20.2. The fourth-order valence-corrected chi connectivity index (χ4v) is 3.34. The Labute approximate surface area is 191 Å². The Balaban J connectivity index is 0.00000420. The van der Waals surface area contributed by atoms with E-state index >= 15 is 0 Å². The molecule has 0 unspecified atom stereocenters. The third-order valence-electron chi connectivity index (χ3n) is 4.86. The first-order chi connectivity index (χ1) is 13.6. The molecule has 1 saturated heterocycles. The number of carbonyl (C=O) groups excluding carboxylic acids is 1. The number of benzene rings is 1. The van der Waals surface area contributed by atoms with E-state index in [2.05, 4.69) is 17.1 Å². The van der Waals surface area contributed by atoms with Gasteiger partial charge in [0, 0.05) is 26.2 Å². The molecular weight excluding hydrogens is 485 g/mol. The van der Waals surface area contributed by atoms with E-state index in [1.807, 2.05) is 25.1 Å². The summed E-state index contributed by atoms with van der Waals surface area (Å²) in [7, 11) is 3.28. The van der Waals surface area contributed by atoms with E-state index in [9.17, 15) is 4.79 Å². The van der Waals surface area contributed by atoms with Gasteiger partial charge in [0.2, 0.25) is 0 Å². The van der Waals surface area contributed by atoms with Crippen molar-refractivity contribution in [3.05, 3.63) is 23.8 Å². The third kappa shape index (κ3) is 7.56. The van der Waals surface area contributed by atoms with Crippen molar-refractivity contribution in [1.29, 1.82) is 0 Å². The largest absolute Gasteiger partial charge is 0.493 e. The maximum atomic E-state index is 11.9. The zero-order chi connectivity index (χ0) is 20.4. The Kier molecular flexibility index (Phi) is 11.8. The number of piperidine rings is 1. The van der Waals surface area contributed by atoms with Crippen LogP contribution in [-0.4, -0.2) is 63.8 Å². The average Bonchev–Trinajstić information content (AvgIpc) is 2.73. The van der Waals surface area contributed by atoms with Gasteiger partial charge < -0.3 is 24.4 Å². The Morgan fingerprint density at radius 1 is 1.17 bits per heavy atom. The van der Waals surface area contributed by atoms with E-state index in [1.165, 1.54) is 0 Å². The average molecular weight is 519 g/mol. The molecule has 1 N–H and O–H groups in total. The number of halogens is 1. The van der Waals surface area contributed by atoms with Crippen LogP contribution >= 0.6 is 24.0 Å². The minimum absolute atomic E-state index is 0. The van der Waals surface area contributed by atoms with Gasteiger partial charge in [-0.1, -0.05) is 6.07 Å². The number of rotatable bonds is 8. The van der Waals surface area contributed by atoms with Gasteiger partial charge >= 0.3 is 5.97 Å². The molecule has 0 saturated carbocycles. The zero-order valence-electron chi connectivity index (χ0n) is 17.9. The summed E-state index contributed by atoms with van der Waals surface area (Å²) in [6, 6.07) is 5.95. The van der Waals surface area contributed by atoms with Crippen molar-refractivity contribution in [1.82, 2.24) is 10.2 Å². The van der Waals surface area contributed by atoms with Crippen LogP contribution in [0.2, 0.25) is 0 Å². The first kappa shape index (κ1) is 25.3. The fraction of sp³-hybridized carbons (Fsp3) is 0.619. The SMILES string of the molecule is CCNC(=NCCc1ccc(OC)c(OC)c1)N1CCC(C(=O)OCC)CC1.I. The molecule has 2 rings (SSSR count). The quantitative estimate of drug-likeness (QED) is 0.246. The highest BCUT2D eigenvalue weighted by Crippen LogP contribution is 2.27. The Morgan fingerprint density at radius 2 is 1.86 bits per heavy atom. The van der Waals surface area contributed by atoms with Crippen molar-refractivity contribution in [2.24, 2.45) is 10.9 Å². The maximum Gasteiger partial charge on any atom is 0.309 e. The summed E-state index contributed by atoms with van der Waals surface area (Å²) in [5, 5.41) is 3.36. The minimum atomic E-state index is -0.0717. The number of hydrogen-bond acceptors (Lipinski definition) is 5. The van der Waals surface area contributed by atoms with Gasteiger partial charge in [0.05, 0.1) is 26.7 Å². The second-order valence-electron chi connectivity index (χ2n) is 6.69. The van der Waals surface area contributed by atoms with E-state index in [0.717, 1.165) is 61.9 Å². The van der Waals surface area contributed by atoms with Crippen molar-refractivity contribution < 1.29 is 19.0 Å². The molecule has 0 radical (unpaired) electrons. The molecule has 7 nitrogen and oxygen atoms in total. The highest BCUT2D eigenvalue weighted by atomic mass is 127. The Hall–Kier alpha value is -1.71. The fourth-order valence-electron chi connectivity index (χ4n) is 3.34. The standard InChI is InChI=1S/C21H33N3O4.HI/c1-5-22-21(24-13-10-17(11-14-24)20(25)28-6-2)23-12-9-16-7-8-18(26-3)19(15-16)27-4;/h7-8,15,17H,5-6,9-14H2,1-4H3,(H,22,23);1H. The number of aliphatic imine (C=N–C) groups is 1. The second-order valence-corrected chi connectivity index (χ2v) is 6.69. The van der Waals surface area contributed by atoms with Crippen LogP contribution in [0, 0.1) is 5.92 Å². The lowest BCUT2D eigenvalue weighted by atomic mass is 9.97. The van der Waals surface area contributed by atoms with Crippen molar-refractivity contribution in [3.8, 4) is 11.5 Å². The molecule has 164 valence electrons. The van der Waals surface area contributed by atoms with Crippen molar-refractivity contribution in [3.63, 3.8) is 0 Å². The number of guanidine groups is 1. The van der Waals surface area contributed by atoms with Gasteiger partial charge in [-0.2, -0.15) is 0 Å². The van der Waals surface area contributed by atoms with E-state index in [4.69, 9.17) is 19.2 Å². The second kappa shape index (κ2) is 13.5. The van der Waals surface area contributed by atoms with E-state index < -0.39 is 0 Å². The Bertz CT molecular complexity index is 661. The first-order valence-corrected chi connectivity index (χ1v) is 10.0. The van der Waals surface area contributed by atoms with Crippen LogP contribution in [0.15, 0.2) is 23.2 Å². The van der Waals surface area contributed by atoms with Gasteiger partial charge in [0.25, 0.3) is 0 Å². The Morgan fingerprint density at radius 3 is 2.45 bits per heavy atom. The molecule has 1 fully saturated rings. The molecular formula is C21H34IN3O4. The van der Waals surface area contributed by atoms with E-state index in [0.29, 0.717) is 13.2 Å². The van der Waals surface area contributed by atoms with Gasteiger partial charge in [-0.25, -0.2) is 0 Å². The van der Waals surface area contributed by atoms with Crippen molar-refractivity contribution in [2.45, 2.75) is 33.1 Å². The molecule has 29 heavy (non-hydrogen) atoms. The summed E-state index contributed by atoms with van der Waals surface area (Å²) in [6.07, 6.45) is 2.42. The molecule has 1 aromatic rings. The van der Waals surface area contributed by atoms with Crippen LogP contribution in [0.4, 0.5) is 0 Å². The lowest BCUT2D eigenvalue weighted by molar-refractivity contribution is -0.149. The number of nitrogens with zero attached hydrogens (tertiary/aromatic N) is 2. The van der Waals surface area contributed by atoms with E-state index in [1.54, 1.807) is 14.2 Å². The summed E-state index contributed by atoms with van der Waals surface area (Å²) in [5.41, 5.74) is 1.15. The smallest absolute Gasteiger partial charge is 0.309 e. The highest BCUT2D eigenvalue weighted by Gasteiger charge is 2.27. The molecule has 0 aromatic heterocycles. The molecule has 0 amide bonds. The van der Waals surface area contributed by atoms with Crippen LogP contribution in [0.1, 0.15) is 32.3 Å². The predicted octanol–water partition coefficient (Wildman–Crippen LogP) is 3.10. The maximum absolute atomic E-state index is 11.9. The molecule has 1 aliphatic heterocycles. The van der Waals surface area contributed by atoms with Gasteiger partial charge in [0.1, 0.15) is 0 Å². The number of carbonyl (C=O) groups is 1. The van der Waals surface area contributed by atoms with Crippen LogP contribution in [0.25, 0.3) is 0 Å². The number of likely N-dealkylation sites (tertiary alicyclic amines) is 1. The number of esters is 1. The van der Waals surface area contributed by atoms with Crippen LogP contribution in [0.3, 0.4) is 0 Å². The highest BCUT2D eigenvalue weighted by molar-refractivity contribution is 14.0. The molecule has 8 heteroatoms. The third-order valence-corrected chi connectivity index (χ3v) is 4.86. The number of nitrogens with one attached hydrogen (secondary N) is 1. The van der Waals surface area contributed by atoms with E-state index in [-0.39, 0.29) is 35.9 Å². The molecule has 0 atom stereocenters. The molecule has 0 aliphatic carbocycles. The van der Waals surface area contributed by atoms with Gasteiger partial charge in [-0.05, 0) is 50.8 Å². The number of hydrogen-bond donors (Lipinski definition) is 1. The summed E-state index contributed by atoms with van der Waals surface area (Å²) in [6.45, 7) is 7.47.